The molecule has 0 fully saturated rings. The maximum atomic E-state index is 13.1. The van der Waals surface area contributed by atoms with E-state index in [2.05, 4.69) is 5.32 Å². The average molecular weight is 359 g/mol. The van der Waals surface area contributed by atoms with Crippen LogP contribution in [0.2, 0.25) is 0 Å². The number of nitrogens with one attached hydrogen (secondary N) is 1. The summed E-state index contributed by atoms with van der Waals surface area (Å²) in [6, 6.07) is 9.39. The van der Waals surface area contributed by atoms with E-state index in [1.807, 2.05) is 0 Å². The predicted molar refractivity (Wildman–Crippen MR) is 90.9 cm³/mol. The molecule has 2 aromatic carbocycles. The summed E-state index contributed by atoms with van der Waals surface area (Å²) in [6.07, 6.45) is 0.434. The highest BCUT2D eigenvalue weighted by molar-refractivity contribution is 5.95. The van der Waals surface area contributed by atoms with Crippen LogP contribution in [0.3, 0.4) is 0 Å². The first-order chi connectivity index (χ1) is 12.5. The highest BCUT2D eigenvalue weighted by Crippen LogP contribution is 2.30. The summed E-state index contributed by atoms with van der Waals surface area (Å²) >= 11 is 0. The Morgan fingerprint density at radius 1 is 1.08 bits per heavy atom. The van der Waals surface area contributed by atoms with Crippen LogP contribution in [0.5, 0.6) is 11.5 Å². The Morgan fingerprint density at radius 3 is 2.46 bits per heavy atom. The molecular formula is C19H18FNO5. The summed E-state index contributed by atoms with van der Waals surface area (Å²) in [4.78, 5) is 23.7. The Kier molecular flexibility index (Phi) is 5.36. The summed E-state index contributed by atoms with van der Waals surface area (Å²) in [6.45, 7) is 1.04. The van der Waals surface area contributed by atoms with Crippen molar-refractivity contribution in [2.24, 2.45) is 0 Å². The number of carbonyl (C=O) groups excluding carboxylic acids is 1. The molecule has 0 spiro atoms. The Labute approximate surface area is 149 Å². The molecule has 0 aromatic heterocycles. The summed E-state index contributed by atoms with van der Waals surface area (Å²) in [7, 11) is 0. The van der Waals surface area contributed by atoms with Crippen LogP contribution in [0, 0.1) is 5.82 Å². The number of carboxylic acids is 1. The van der Waals surface area contributed by atoms with E-state index in [4.69, 9.17) is 14.6 Å². The van der Waals surface area contributed by atoms with Gasteiger partial charge in [0.2, 0.25) is 0 Å². The molecule has 1 amide bonds. The van der Waals surface area contributed by atoms with Gasteiger partial charge in [-0.25, -0.2) is 4.39 Å². The lowest BCUT2D eigenvalue weighted by Crippen LogP contribution is -2.30. The monoisotopic (exact) mass is 359 g/mol. The van der Waals surface area contributed by atoms with Crippen molar-refractivity contribution in [1.82, 2.24) is 5.32 Å². The fraction of sp³-hybridized carbons (Fsp3) is 0.263. The molecule has 0 radical (unpaired) electrons. The second-order valence-corrected chi connectivity index (χ2v) is 5.89. The molecule has 1 heterocycles. The smallest absolute Gasteiger partial charge is 0.305 e. The minimum atomic E-state index is -1.07. The van der Waals surface area contributed by atoms with E-state index in [0.29, 0.717) is 35.8 Å². The number of carbonyl (C=O) groups is 2. The minimum Gasteiger partial charge on any atom is -0.490 e. The Bertz CT molecular complexity index is 806. The Morgan fingerprint density at radius 2 is 1.77 bits per heavy atom. The van der Waals surface area contributed by atoms with Crippen molar-refractivity contribution in [2.45, 2.75) is 18.9 Å². The van der Waals surface area contributed by atoms with Gasteiger partial charge in [-0.15, -0.1) is 0 Å². The number of fused-ring (bicyclic) bond motifs is 1. The van der Waals surface area contributed by atoms with Gasteiger partial charge in [-0.3, -0.25) is 9.59 Å². The van der Waals surface area contributed by atoms with E-state index in [9.17, 15) is 14.0 Å². The van der Waals surface area contributed by atoms with Gasteiger partial charge in [0.25, 0.3) is 5.91 Å². The van der Waals surface area contributed by atoms with Gasteiger partial charge in [-0.2, -0.15) is 0 Å². The molecule has 1 atom stereocenters. The van der Waals surface area contributed by atoms with Crippen molar-refractivity contribution in [1.29, 1.82) is 0 Å². The van der Waals surface area contributed by atoms with Gasteiger partial charge in [0, 0.05) is 12.0 Å². The van der Waals surface area contributed by atoms with Gasteiger partial charge >= 0.3 is 5.97 Å². The summed E-state index contributed by atoms with van der Waals surface area (Å²) in [5.41, 5.74) is 0.836. The summed E-state index contributed by atoms with van der Waals surface area (Å²) in [5, 5.41) is 11.8. The third-order valence-electron chi connectivity index (χ3n) is 3.97. The topological polar surface area (TPSA) is 84.9 Å². The zero-order valence-corrected chi connectivity index (χ0v) is 13.9. The van der Waals surface area contributed by atoms with Crippen LogP contribution in [0.15, 0.2) is 42.5 Å². The molecule has 2 aromatic rings. The normalized spacial score (nSPS) is 14.2. The third-order valence-corrected chi connectivity index (χ3v) is 3.97. The molecule has 7 heteroatoms. The highest BCUT2D eigenvalue weighted by atomic mass is 19.1. The number of aliphatic carboxylic acids is 1. The molecule has 0 aliphatic carbocycles. The fourth-order valence-electron chi connectivity index (χ4n) is 2.67. The number of carboxylic acid groups (broad SMARTS) is 1. The predicted octanol–water partition coefficient (Wildman–Crippen LogP) is 2.93. The molecule has 0 saturated carbocycles. The second kappa shape index (κ2) is 7.86. The SMILES string of the molecule is O=C(O)C[C@@H](NC(=O)c1ccc2c(c1)OCCCO2)c1ccc(F)cc1. The molecule has 3 rings (SSSR count). The van der Waals surface area contributed by atoms with Gasteiger partial charge in [-0.1, -0.05) is 12.1 Å². The number of ether oxygens (including phenoxy) is 2. The minimum absolute atomic E-state index is 0.318. The molecular weight excluding hydrogens is 341 g/mol. The van der Waals surface area contributed by atoms with Crippen molar-refractivity contribution < 1.29 is 28.6 Å². The molecule has 26 heavy (non-hydrogen) atoms. The third kappa shape index (κ3) is 4.30. The van der Waals surface area contributed by atoms with E-state index in [0.717, 1.165) is 6.42 Å². The summed E-state index contributed by atoms with van der Waals surface area (Å²) < 4.78 is 24.2. The zero-order chi connectivity index (χ0) is 18.5. The van der Waals surface area contributed by atoms with E-state index in [1.165, 1.54) is 24.3 Å². The number of hydrogen-bond donors (Lipinski definition) is 2. The molecule has 1 aliphatic heterocycles. The number of benzene rings is 2. The number of halogens is 1. The lowest BCUT2D eigenvalue weighted by Gasteiger charge is -2.18. The fourth-order valence-corrected chi connectivity index (χ4v) is 2.67. The maximum absolute atomic E-state index is 13.1. The quantitative estimate of drug-likeness (QED) is 0.857. The van der Waals surface area contributed by atoms with Crippen LogP contribution >= 0.6 is 0 Å². The van der Waals surface area contributed by atoms with Crippen molar-refractivity contribution in [3.63, 3.8) is 0 Å². The standard InChI is InChI=1S/C19H18FNO5/c20-14-5-2-12(3-6-14)15(11-18(22)23)21-19(24)13-4-7-16-17(10-13)26-9-1-8-25-16/h2-7,10,15H,1,8-9,11H2,(H,21,24)(H,22,23)/t15-/m1/s1. The van der Waals surface area contributed by atoms with E-state index < -0.39 is 23.7 Å². The van der Waals surface area contributed by atoms with Gasteiger partial charge in [0.1, 0.15) is 5.82 Å². The number of amides is 1. The first kappa shape index (κ1) is 17.7. The van der Waals surface area contributed by atoms with Crippen molar-refractivity contribution in [2.75, 3.05) is 13.2 Å². The first-order valence-electron chi connectivity index (χ1n) is 8.20. The van der Waals surface area contributed by atoms with Crippen LogP contribution < -0.4 is 14.8 Å². The second-order valence-electron chi connectivity index (χ2n) is 5.89. The zero-order valence-electron chi connectivity index (χ0n) is 13.9. The van der Waals surface area contributed by atoms with Gasteiger partial charge < -0.3 is 19.9 Å². The molecule has 136 valence electrons. The van der Waals surface area contributed by atoms with Crippen molar-refractivity contribution in [3.05, 3.63) is 59.4 Å². The highest BCUT2D eigenvalue weighted by Gasteiger charge is 2.20. The van der Waals surface area contributed by atoms with E-state index in [-0.39, 0.29) is 6.42 Å². The molecule has 0 saturated heterocycles. The lowest BCUT2D eigenvalue weighted by atomic mass is 10.0. The first-order valence-corrected chi connectivity index (χ1v) is 8.20. The Hall–Kier alpha value is -3.09. The van der Waals surface area contributed by atoms with Crippen LogP contribution in [0.1, 0.15) is 34.8 Å². The largest absolute Gasteiger partial charge is 0.490 e. The van der Waals surface area contributed by atoms with Crippen molar-refractivity contribution in [3.8, 4) is 11.5 Å². The molecule has 0 unspecified atom stereocenters. The molecule has 6 nitrogen and oxygen atoms in total. The lowest BCUT2D eigenvalue weighted by molar-refractivity contribution is -0.137. The summed E-state index contributed by atoms with van der Waals surface area (Å²) in [5.74, 6) is -0.905. The Balaban J connectivity index is 1.80. The van der Waals surface area contributed by atoms with E-state index >= 15 is 0 Å². The van der Waals surface area contributed by atoms with Gasteiger partial charge in [0.15, 0.2) is 11.5 Å². The average Bonchev–Trinajstić information content (AvgIpc) is 2.86. The number of rotatable bonds is 5. The van der Waals surface area contributed by atoms with Crippen LogP contribution in [0.25, 0.3) is 0 Å². The van der Waals surface area contributed by atoms with E-state index in [1.54, 1.807) is 18.2 Å². The van der Waals surface area contributed by atoms with Crippen LogP contribution in [-0.2, 0) is 4.79 Å². The maximum Gasteiger partial charge on any atom is 0.305 e. The van der Waals surface area contributed by atoms with Gasteiger partial charge in [-0.05, 0) is 35.9 Å². The molecule has 1 aliphatic rings. The van der Waals surface area contributed by atoms with Crippen molar-refractivity contribution >= 4 is 11.9 Å². The van der Waals surface area contributed by atoms with Gasteiger partial charge in [0.05, 0.1) is 25.7 Å². The van der Waals surface area contributed by atoms with Crippen LogP contribution in [-0.4, -0.2) is 30.2 Å². The van der Waals surface area contributed by atoms with Crippen LogP contribution in [0.4, 0.5) is 4.39 Å². The number of hydrogen-bond acceptors (Lipinski definition) is 4. The molecule has 2 N–H and O–H groups in total. The molecule has 0 bridgehead atoms.